The van der Waals surface area contributed by atoms with E-state index in [2.05, 4.69) is 16.8 Å². The molecule has 0 spiro atoms. The van der Waals surface area contributed by atoms with Crippen molar-refractivity contribution in [1.82, 2.24) is 4.90 Å². The summed E-state index contributed by atoms with van der Waals surface area (Å²) in [5.41, 5.74) is 0. The molecule has 0 amide bonds. The van der Waals surface area contributed by atoms with Crippen molar-refractivity contribution in [3.05, 3.63) is 0 Å². The molecule has 14 heavy (non-hydrogen) atoms. The molecule has 0 bridgehead atoms. The Labute approximate surface area is 87.4 Å². The first kappa shape index (κ1) is 10.0. The van der Waals surface area contributed by atoms with Crippen molar-refractivity contribution in [2.24, 2.45) is 4.99 Å². The number of nitrogens with zero attached hydrogens (tertiary/aromatic N) is 2. The van der Waals surface area contributed by atoms with Crippen LogP contribution in [0.1, 0.15) is 51.9 Å². The zero-order valence-corrected chi connectivity index (χ0v) is 9.34. The van der Waals surface area contributed by atoms with Gasteiger partial charge in [-0.3, -0.25) is 4.99 Å². The molecule has 0 aromatic heterocycles. The van der Waals surface area contributed by atoms with Crippen molar-refractivity contribution in [2.45, 2.75) is 57.9 Å². The smallest absolute Gasteiger partial charge is 0.0993 e. The summed E-state index contributed by atoms with van der Waals surface area (Å²) in [6, 6.07) is 0.761. The van der Waals surface area contributed by atoms with Crippen LogP contribution in [0.4, 0.5) is 0 Å². The molecule has 2 nitrogen and oxygen atoms in total. The van der Waals surface area contributed by atoms with Gasteiger partial charge >= 0.3 is 0 Å². The predicted octanol–water partition coefficient (Wildman–Crippen LogP) is 2.83. The Bertz CT molecular complexity index is 210. The van der Waals surface area contributed by atoms with Crippen molar-refractivity contribution >= 4 is 5.84 Å². The maximum atomic E-state index is 4.66. The molecule has 0 radical (unpaired) electrons. The standard InChI is InChI=1S/C12H22N2/c1-2-3-4-7-11-10-13-12-8-5-6-9-14(11)12/h11H,2-10H2,1H3. The first-order valence-electron chi connectivity index (χ1n) is 6.22. The molecule has 0 aromatic rings. The van der Waals surface area contributed by atoms with Crippen molar-refractivity contribution in [3.8, 4) is 0 Å². The van der Waals surface area contributed by atoms with Gasteiger partial charge in [-0.05, 0) is 19.3 Å². The summed E-state index contributed by atoms with van der Waals surface area (Å²) >= 11 is 0. The molecule has 2 heterocycles. The summed E-state index contributed by atoms with van der Waals surface area (Å²) in [4.78, 5) is 7.24. The normalized spacial score (nSPS) is 26.2. The van der Waals surface area contributed by atoms with E-state index in [0.29, 0.717) is 0 Å². The molecule has 2 heteroatoms. The first-order valence-corrected chi connectivity index (χ1v) is 6.22. The van der Waals surface area contributed by atoms with Gasteiger partial charge in [-0.25, -0.2) is 0 Å². The minimum Gasteiger partial charge on any atom is -0.356 e. The van der Waals surface area contributed by atoms with E-state index in [1.807, 2.05) is 0 Å². The van der Waals surface area contributed by atoms with Crippen molar-refractivity contribution in [1.29, 1.82) is 0 Å². The number of piperidine rings is 1. The zero-order chi connectivity index (χ0) is 9.80. The van der Waals surface area contributed by atoms with E-state index in [4.69, 9.17) is 0 Å². The van der Waals surface area contributed by atoms with Gasteiger partial charge in [-0.15, -0.1) is 0 Å². The fourth-order valence-electron chi connectivity index (χ4n) is 2.59. The van der Waals surface area contributed by atoms with Gasteiger partial charge in [0.2, 0.25) is 0 Å². The highest BCUT2D eigenvalue weighted by molar-refractivity contribution is 5.84. The third-order valence-electron chi connectivity index (χ3n) is 3.45. The molecule has 1 unspecified atom stereocenters. The first-order chi connectivity index (χ1) is 6.92. The Morgan fingerprint density at radius 2 is 2.29 bits per heavy atom. The second-order valence-electron chi connectivity index (χ2n) is 4.56. The minimum atomic E-state index is 0.761. The molecule has 0 aromatic carbocycles. The van der Waals surface area contributed by atoms with Gasteiger partial charge in [-0.2, -0.15) is 0 Å². The Balaban J connectivity index is 1.79. The molecule has 80 valence electrons. The topological polar surface area (TPSA) is 15.6 Å². The molecule has 0 aliphatic carbocycles. The Kier molecular flexibility index (Phi) is 3.44. The maximum absolute atomic E-state index is 4.66. The van der Waals surface area contributed by atoms with Crippen molar-refractivity contribution in [2.75, 3.05) is 13.1 Å². The fourth-order valence-corrected chi connectivity index (χ4v) is 2.59. The second-order valence-corrected chi connectivity index (χ2v) is 4.56. The monoisotopic (exact) mass is 194 g/mol. The molecule has 1 atom stereocenters. The number of unbranched alkanes of at least 4 members (excludes halogenated alkanes) is 2. The molecule has 1 fully saturated rings. The highest BCUT2D eigenvalue weighted by Gasteiger charge is 2.28. The van der Waals surface area contributed by atoms with E-state index >= 15 is 0 Å². The highest BCUT2D eigenvalue weighted by atomic mass is 15.3. The second kappa shape index (κ2) is 4.81. The van der Waals surface area contributed by atoms with E-state index in [1.54, 1.807) is 0 Å². The average molecular weight is 194 g/mol. The van der Waals surface area contributed by atoms with Gasteiger partial charge < -0.3 is 4.90 Å². The largest absolute Gasteiger partial charge is 0.356 e. The minimum absolute atomic E-state index is 0.761. The summed E-state index contributed by atoms with van der Waals surface area (Å²) in [6.45, 7) is 4.63. The van der Waals surface area contributed by atoms with Crippen LogP contribution in [0.25, 0.3) is 0 Å². The van der Waals surface area contributed by atoms with Gasteiger partial charge in [0, 0.05) is 19.0 Å². The van der Waals surface area contributed by atoms with Crippen LogP contribution in [0.3, 0.4) is 0 Å². The molecule has 2 aliphatic heterocycles. The Morgan fingerprint density at radius 3 is 3.14 bits per heavy atom. The van der Waals surface area contributed by atoms with Crippen LogP contribution in [0.2, 0.25) is 0 Å². The lowest BCUT2D eigenvalue weighted by Crippen LogP contribution is -2.39. The molecule has 0 saturated carbocycles. The van der Waals surface area contributed by atoms with Crippen LogP contribution in [0, 0.1) is 0 Å². The SMILES string of the molecule is CCCCCC1CN=C2CCCCN21. The number of hydrogen-bond donors (Lipinski definition) is 0. The van der Waals surface area contributed by atoms with Gasteiger partial charge in [0.15, 0.2) is 0 Å². The van der Waals surface area contributed by atoms with Crippen molar-refractivity contribution < 1.29 is 0 Å². The maximum Gasteiger partial charge on any atom is 0.0993 e. The molecular weight excluding hydrogens is 172 g/mol. The number of hydrogen-bond acceptors (Lipinski definition) is 2. The number of amidine groups is 1. The highest BCUT2D eigenvalue weighted by Crippen LogP contribution is 2.23. The predicted molar refractivity (Wildman–Crippen MR) is 60.8 cm³/mol. The Hall–Kier alpha value is -0.530. The fraction of sp³-hybridized carbons (Fsp3) is 0.917. The van der Waals surface area contributed by atoms with E-state index in [-0.39, 0.29) is 0 Å². The molecule has 2 rings (SSSR count). The quantitative estimate of drug-likeness (QED) is 0.628. The summed E-state index contributed by atoms with van der Waals surface area (Å²) < 4.78 is 0. The molecule has 0 N–H and O–H groups in total. The molecule has 1 saturated heterocycles. The lowest BCUT2D eigenvalue weighted by atomic mass is 10.0. The Morgan fingerprint density at radius 1 is 1.36 bits per heavy atom. The van der Waals surface area contributed by atoms with Crippen LogP contribution < -0.4 is 0 Å². The van der Waals surface area contributed by atoms with E-state index in [1.165, 1.54) is 57.3 Å². The lowest BCUT2D eigenvalue weighted by Gasteiger charge is -2.31. The van der Waals surface area contributed by atoms with E-state index < -0.39 is 0 Å². The third kappa shape index (κ3) is 2.10. The van der Waals surface area contributed by atoms with Gasteiger partial charge in [-0.1, -0.05) is 26.2 Å². The number of aliphatic imine (C=N–C) groups is 1. The van der Waals surface area contributed by atoms with E-state index in [0.717, 1.165) is 12.6 Å². The average Bonchev–Trinajstić information content (AvgIpc) is 2.63. The van der Waals surface area contributed by atoms with Crippen LogP contribution in [0.5, 0.6) is 0 Å². The van der Waals surface area contributed by atoms with Crippen LogP contribution >= 0.6 is 0 Å². The summed E-state index contributed by atoms with van der Waals surface area (Å²) in [5, 5.41) is 0. The molecular formula is C12H22N2. The summed E-state index contributed by atoms with van der Waals surface area (Å²) in [5.74, 6) is 1.41. The van der Waals surface area contributed by atoms with Crippen molar-refractivity contribution in [3.63, 3.8) is 0 Å². The number of fused-ring (bicyclic) bond motifs is 1. The van der Waals surface area contributed by atoms with Gasteiger partial charge in [0.25, 0.3) is 0 Å². The lowest BCUT2D eigenvalue weighted by molar-refractivity contribution is 0.293. The summed E-state index contributed by atoms with van der Waals surface area (Å²) in [6.07, 6.45) is 9.45. The van der Waals surface area contributed by atoms with Crippen LogP contribution in [0.15, 0.2) is 4.99 Å². The van der Waals surface area contributed by atoms with Crippen LogP contribution in [-0.2, 0) is 0 Å². The van der Waals surface area contributed by atoms with Gasteiger partial charge in [0.05, 0.1) is 12.4 Å². The summed E-state index contributed by atoms with van der Waals surface area (Å²) in [7, 11) is 0. The molecule has 2 aliphatic rings. The zero-order valence-electron chi connectivity index (χ0n) is 9.34. The van der Waals surface area contributed by atoms with E-state index in [9.17, 15) is 0 Å². The van der Waals surface area contributed by atoms with Gasteiger partial charge in [0.1, 0.15) is 0 Å². The van der Waals surface area contributed by atoms with Crippen LogP contribution in [-0.4, -0.2) is 29.9 Å². The third-order valence-corrected chi connectivity index (χ3v) is 3.45. The number of rotatable bonds is 4.